The Morgan fingerprint density at radius 3 is 2.53 bits per heavy atom. The van der Waals surface area contributed by atoms with Crippen molar-refractivity contribution in [2.45, 2.75) is 19.4 Å². The topological polar surface area (TPSA) is 90.7 Å². The Bertz CT molecular complexity index is 1530. The van der Waals surface area contributed by atoms with Gasteiger partial charge in [-0.3, -0.25) is 4.79 Å². The number of ether oxygens (including phenoxy) is 2. The summed E-state index contributed by atoms with van der Waals surface area (Å²) >= 11 is 0. The molecule has 0 radical (unpaired) electrons. The molecular formula is C29H24N2O5. The summed E-state index contributed by atoms with van der Waals surface area (Å²) in [6, 6.07) is 25.5. The van der Waals surface area contributed by atoms with Crippen molar-refractivity contribution in [3.05, 3.63) is 90.5 Å². The first kappa shape index (κ1) is 23.1. The minimum Gasteiger partial charge on any atom is -0.497 e. The van der Waals surface area contributed by atoms with Crippen LogP contribution >= 0.6 is 0 Å². The van der Waals surface area contributed by atoms with Crippen molar-refractivity contribution in [2.24, 2.45) is 0 Å². The fourth-order valence-electron chi connectivity index (χ4n) is 4.12. The predicted octanol–water partition coefficient (Wildman–Crippen LogP) is 6.23. The van der Waals surface area contributed by atoms with Gasteiger partial charge in [0.1, 0.15) is 11.3 Å². The van der Waals surface area contributed by atoms with E-state index in [4.69, 9.17) is 13.9 Å². The van der Waals surface area contributed by atoms with Crippen molar-refractivity contribution < 1.29 is 23.5 Å². The Balaban J connectivity index is 1.46. The van der Waals surface area contributed by atoms with Gasteiger partial charge in [-0.1, -0.05) is 49.4 Å². The Hall–Kier alpha value is -4.65. The Labute approximate surface area is 207 Å². The normalized spacial score (nSPS) is 11.8. The highest BCUT2D eigenvalue weighted by atomic mass is 16.5. The lowest BCUT2D eigenvalue weighted by Gasteiger charge is -2.17. The van der Waals surface area contributed by atoms with Gasteiger partial charge < -0.3 is 19.2 Å². The lowest BCUT2D eigenvalue weighted by molar-refractivity contribution is -0.124. The van der Waals surface area contributed by atoms with Crippen LogP contribution < -0.4 is 10.1 Å². The molecule has 0 aliphatic rings. The fourth-order valence-corrected chi connectivity index (χ4v) is 4.12. The largest absolute Gasteiger partial charge is 0.497 e. The summed E-state index contributed by atoms with van der Waals surface area (Å²) in [7, 11) is 1.55. The molecule has 1 heterocycles. The summed E-state index contributed by atoms with van der Waals surface area (Å²) in [4.78, 5) is 30.9. The van der Waals surface area contributed by atoms with E-state index in [1.54, 1.807) is 50.4 Å². The van der Waals surface area contributed by atoms with E-state index in [0.717, 1.165) is 10.9 Å². The van der Waals surface area contributed by atoms with Crippen molar-refractivity contribution in [3.8, 4) is 17.2 Å². The van der Waals surface area contributed by atoms with Crippen LogP contribution in [0.4, 0.5) is 5.69 Å². The molecule has 1 amide bonds. The third-order valence-electron chi connectivity index (χ3n) is 5.90. The number of anilines is 1. The molecule has 180 valence electrons. The molecule has 1 atom stereocenters. The smallest absolute Gasteiger partial charge is 0.339 e. The minimum absolute atomic E-state index is 0.310. The molecule has 4 aromatic carbocycles. The molecule has 0 aliphatic heterocycles. The molecule has 7 heteroatoms. The molecule has 0 aliphatic carbocycles. The molecule has 0 spiro atoms. The van der Waals surface area contributed by atoms with Gasteiger partial charge in [0.2, 0.25) is 5.89 Å². The average molecular weight is 481 g/mol. The van der Waals surface area contributed by atoms with Gasteiger partial charge in [-0.2, -0.15) is 0 Å². The van der Waals surface area contributed by atoms with Crippen LogP contribution in [0.1, 0.15) is 23.7 Å². The molecule has 7 nitrogen and oxygen atoms in total. The van der Waals surface area contributed by atoms with Crippen molar-refractivity contribution in [3.63, 3.8) is 0 Å². The summed E-state index contributed by atoms with van der Waals surface area (Å²) < 4.78 is 16.9. The molecule has 0 fully saturated rings. The Kier molecular flexibility index (Phi) is 6.36. The first-order valence-electron chi connectivity index (χ1n) is 11.6. The minimum atomic E-state index is -0.976. The van der Waals surface area contributed by atoms with E-state index < -0.39 is 18.0 Å². The van der Waals surface area contributed by atoms with Crippen LogP contribution in [0.2, 0.25) is 0 Å². The molecule has 5 aromatic rings. The quantitative estimate of drug-likeness (QED) is 0.278. The number of hydrogen-bond donors (Lipinski definition) is 1. The van der Waals surface area contributed by atoms with Crippen LogP contribution in [0, 0.1) is 0 Å². The molecule has 1 N–H and O–H groups in total. The maximum absolute atomic E-state index is 13.4. The lowest BCUT2D eigenvalue weighted by atomic mass is 9.99. The predicted molar refractivity (Wildman–Crippen MR) is 138 cm³/mol. The van der Waals surface area contributed by atoms with E-state index >= 15 is 0 Å². The highest BCUT2D eigenvalue weighted by Gasteiger charge is 2.25. The first-order chi connectivity index (χ1) is 17.6. The number of nitrogens with one attached hydrogen (secondary N) is 1. The number of fused-ring (bicyclic) bond motifs is 2. The van der Waals surface area contributed by atoms with E-state index in [2.05, 4.69) is 10.3 Å². The van der Waals surface area contributed by atoms with Crippen LogP contribution in [0.5, 0.6) is 5.75 Å². The van der Waals surface area contributed by atoms with Gasteiger partial charge in [-0.25, -0.2) is 9.78 Å². The van der Waals surface area contributed by atoms with Crippen molar-refractivity contribution in [1.82, 2.24) is 4.98 Å². The maximum atomic E-state index is 13.4. The second-order valence-electron chi connectivity index (χ2n) is 8.22. The standard InChI is InChI=1S/C29H24N2O5/c1-3-24(27(32)30-19-11-8-12-20(17-19)34-2)36-29(33)22-14-7-10-18-9-6-13-21(26(18)22)28-31-23-15-4-5-16-25(23)35-28/h4-17,24H,3H2,1-2H3,(H,30,32). The van der Waals surface area contributed by atoms with Crippen LogP contribution in [-0.2, 0) is 9.53 Å². The summed E-state index contributed by atoms with van der Waals surface area (Å²) in [5.41, 5.74) is 2.94. The molecule has 1 unspecified atom stereocenters. The van der Waals surface area contributed by atoms with Crippen molar-refractivity contribution >= 4 is 39.4 Å². The molecular weight excluding hydrogens is 456 g/mol. The highest BCUT2D eigenvalue weighted by molar-refractivity contribution is 6.10. The molecule has 5 rings (SSSR count). The average Bonchev–Trinajstić information content (AvgIpc) is 3.35. The zero-order valence-corrected chi connectivity index (χ0v) is 19.9. The zero-order valence-electron chi connectivity index (χ0n) is 19.9. The first-order valence-corrected chi connectivity index (χ1v) is 11.6. The summed E-state index contributed by atoms with van der Waals surface area (Å²) in [5, 5.41) is 4.28. The van der Waals surface area contributed by atoms with Crippen molar-refractivity contribution in [2.75, 3.05) is 12.4 Å². The van der Waals surface area contributed by atoms with Gasteiger partial charge in [0, 0.05) is 22.7 Å². The Morgan fingerprint density at radius 2 is 1.75 bits per heavy atom. The summed E-state index contributed by atoms with van der Waals surface area (Å²) in [5.74, 6) is 0.000464. The summed E-state index contributed by atoms with van der Waals surface area (Å²) in [6.45, 7) is 1.79. The second kappa shape index (κ2) is 9.92. The number of methoxy groups -OCH3 is 1. The number of nitrogens with zero attached hydrogens (tertiary/aromatic N) is 1. The number of para-hydroxylation sites is 2. The molecule has 36 heavy (non-hydrogen) atoms. The van der Waals surface area contributed by atoms with Crippen molar-refractivity contribution in [1.29, 1.82) is 0 Å². The number of amides is 1. The monoisotopic (exact) mass is 480 g/mol. The number of hydrogen-bond acceptors (Lipinski definition) is 6. The van der Waals surface area contributed by atoms with Gasteiger partial charge in [0.05, 0.1) is 12.7 Å². The van der Waals surface area contributed by atoms with E-state index in [1.807, 2.05) is 48.5 Å². The van der Waals surface area contributed by atoms with Crippen LogP contribution in [0.3, 0.4) is 0 Å². The third-order valence-corrected chi connectivity index (χ3v) is 5.90. The van der Waals surface area contributed by atoms with Gasteiger partial charge in [0.25, 0.3) is 5.91 Å². The summed E-state index contributed by atoms with van der Waals surface area (Å²) in [6.07, 6.45) is -0.667. The number of esters is 1. The number of benzene rings is 4. The molecule has 0 saturated carbocycles. The number of aromatic nitrogens is 1. The van der Waals surface area contributed by atoms with E-state index in [9.17, 15) is 9.59 Å². The number of rotatable bonds is 7. The number of oxazole rings is 1. The maximum Gasteiger partial charge on any atom is 0.339 e. The highest BCUT2D eigenvalue weighted by Crippen LogP contribution is 2.33. The van der Waals surface area contributed by atoms with Crippen LogP contribution in [0.15, 0.2) is 89.3 Å². The lowest BCUT2D eigenvalue weighted by Crippen LogP contribution is -2.32. The molecule has 1 aromatic heterocycles. The van der Waals surface area contributed by atoms with E-state index in [0.29, 0.717) is 45.8 Å². The van der Waals surface area contributed by atoms with Gasteiger partial charge in [-0.15, -0.1) is 0 Å². The molecule has 0 saturated heterocycles. The number of carbonyl (C=O) groups excluding carboxylic acids is 2. The van der Waals surface area contributed by atoms with E-state index in [1.165, 1.54) is 0 Å². The number of carbonyl (C=O) groups is 2. The fraction of sp³-hybridized carbons (Fsp3) is 0.138. The van der Waals surface area contributed by atoms with E-state index in [-0.39, 0.29) is 0 Å². The van der Waals surface area contributed by atoms with Crippen LogP contribution in [0.25, 0.3) is 33.3 Å². The second-order valence-corrected chi connectivity index (χ2v) is 8.22. The zero-order chi connectivity index (χ0) is 25.1. The van der Waals surface area contributed by atoms with Crippen LogP contribution in [-0.4, -0.2) is 30.1 Å². The SMILES string of the molecule is CCC(OC(=O)c1cccc2cccc(-c3nc4ccccc4o3)c12)C(=O)Nc1cccc(OC)c1. The van der Waals surface area contributed by atoms with Gasteiger partial charge >= 0.3 is 5.97 Å². The third kappa shape index (κ3) is 4.51. The Morgan fingerprint density at radius 1 is 0.972 bits per heavy atom. The molecule has 0 bridgehead atoms. The van der Waals surface area contributed by atoms with Gasteiger partial charge in [-0.05, 0) is 48.2 Å². The van der Waals surface area contributed by atoms with Gasteiger partial charge in [0.15, 0.2) is 11.7 Å².